The molecule has 0 spiro atoms. The molecule has 2 unspecified atom stereocenters. The number of ketones is 1. The molecule has 1 aliphatic rings. The van der Waals surface area contributed by atoms with Gasteiger partial charge in [-0.05, 0) is 13.8 Å². The number of hydrogen-bond acceptors (Lipinski definition) is 3. The number of Topliss-reactive ketones (excluding diaryl/α,β-unsaturated/α-hetero) is 1. The molecule has 3 nitrogen and oxygen atoms in total. The standard InChI is InChI=1S/C6H10O3/c1-4(8)5-6(2,3-7)9-5/h5,7H,3H2,1-2H3. The Morgan fingerprint density at radius 2 is 2.44 bits per heavy atom. The molecular weight excluding hydrogens is 120 g/mol. The van der Waals surface area contributed by atoms with E-state index in [9.17, 15) is 4.79 Å². The van der Waals surface area contributed by atoms with E-state index in [0.717, 1.165) is 0 Å². The summed E-state index contributed by atoms with van der Waals surface area (Å²) in [5, 5.41) is 8.61. The molecule has 1 N–H and O–H groups in total. The number of rotatable bonds is 2. The molecule has 1 heterocycles. The van der Waals surface area contributed by atoms with Crippen LogP contribution < -0.4 is 0 Å². The summed E-state index contributed by atoms with van der Waals surface area (Å²) < 4.78 is 4.92. The zero-order valence-corrected chi connectivity index (χ0v) is 5.55. The molecule has 9 heavy (non-hydrogen) atoms. The van der Waals surface area contributed by atoms with Crippen molar-refractivity contribution in [1.29, 1.82) is 0 Å². The molecule has 0 aromatic heterocycles. The van der Waals surface area contributed by atoms with Crippen molar-refractivity contribution in [2.45, 2.75) is 25.6 Å². The van der Waals surface area contributed by atoms with E-state index in [1.165, 1.54) is 6.92 Å². The highest BCUT2D eigenvalue weighted by Gasteiger charge is 2.54. The normalized spacial score (nSPS) is 40.6. The van der Waals surface area contributed by atoms with Crippen molar-refractivity contribution >= 4 is 5.78 Å². The Bertz CT molecular complexity index is 143. The summed E-state index contributed by atoms with van der Waals surface area (Å²) in [6.07, 6.45) is -0.359. The molecule has 1 rings (SSSR count). The van der Waals surface area contributed by atoms with E-state index in [2.05, 4.69) is 0 Å². The number of carbonyl (C=O) groups excluding carboxylic acids is 1. The maximum atomic E-state index is 10.5. The van der Waals surface area contributed by atoms with E-state index in [1.807, 2.05) is 0 Å². The number of carbonyl (C=O) groups is 1. The van der Waals surface area contributed by atoms with Gasteiger partial charge in [0, 0.05) is 0 Å². The molecule has 3 heteroatoms. The second-order valence-corrected chi connectivity index (χ2v) is 2.58. The summed E-state index contributed by atoms with van der Waals surface area (Å²) in [4.78, 5) is 10.5. The molecular formula is C6H10O3. The Morgan fingerprint density at radius 3 is 2.56 bits per heavy atom. The Hall–Kier alpha value is -0.410. The van der Waals surface area contributed by atoms with Crippen LogP contribution in [0.2, 0.25) is 0 Å². The van der Waals surface area contributed by atoms with E-state index in [4.69, 9.17) is 9.84 Å². The van der Waals surface area contributed by atoms with Crippen molar-refractivity contribution in [3.8, 4) is 0 Å². The Morgan fingerprint density at radius 1 is 1.89 bits per heavy atom. The number of ether oxygens (including phenoxy) is 1. The number of epoxide rings is 1. The van der Waals surface area contributed by atoms with Gasteiger partial charge in [0.05, 0.1) is 6.61 Å². The van der Waals surface area contributed by atoms with Crippen molar-refractivity contribution in [3.05, 3.63) is 0 Å². The molecule has 52 valence electrons. The van der Waals surface area contributed by atoms with E-state index >= 15 is 0 Å². The number of hydrogen-bond donors (Lipinski definition) is 1. The monoisotopic (exact) mass is 130 g/mol. The largest absolute Gasteiger partial charge is 0.393 e. The van der Waals surface area contributed by atoms with Gasteiger partial charge in [-0.15, -0.1) is 0 Å². The second kappa shape index (κ2) is 1.78. The van der Waals surface area contributed by atoms with Crippen LogP contribution in [0.3, 0.4) is 0 Å². The SMILES string of the molecule is CC(=O)C1OC1(C)CO. The zero-order chi connectivity index (χ0) is 7.07. The third kappa shape index (κ3) is 0.976. The van der Waals surface area contributed by atoms with Crippen LogP contribution in [0.5, 0.6) is 0 Å². The van der Waals surface area contributed by atoms with E-state index < -0.39 is 5.60 Å². The van der Waals surface area contributed by atoms with Crippen LogP contribution in [-0.2, 0) is 9.53 Å². The van der Waals surface area contributed by atoms with Gasteiger partial charge in [-0.1, -0.05) is 0 Å². The molecule has 0 radical (unpaired) electrons. The molecule has 0 aromatic rings. The van der Waals surface area contributed by atoms with Crippen LogP contribution in [-0.4, -0.2) is 29.2 Å². The highest BCUT2D eigenvalue weighted by Crippen LogP contribution is 2.35. The third-order valence-corrected chi connectivity index (χ3v) is 1.57. The molecule has 1 aliphatic heterocycles. The van der Waals surface area contributed by atoms with E-state index in [0.29, 0.717) is 0 Å². The van der Waals surface area contributed by atoms with Crippen LogP contribution in [0.1, 0.15) is 13.8 Å². The third-order valence-electron chi connectivity index (χ3n) is 1.57. The first-order chi connectivity index (χ1) is 4.10. The van der Waals surface area contributed by atoms with E-state index in [-0.39, 0.29) is 18.5 Å². The van der Waals surface area contributed by atoms with Crippen molar-refractivity contribution < 1.29 is 14.6 Å². The average Bonchev–Trinajstić information content (AvgIpc) is 2.44. The number of aliphatic hydroxyl groups is 1. The molecule has 0 aliphatic carbocycles. The highest BCUT2D eigenvalue weighted by atomic mass is 16.6. The van der Waals surface area contributed by atoms with Gasteiger partial charge in [0.1, 0.15) is 11.7 Å². The van der Waals surface area contributed by atoms with Crippen molar-refractivity contribution in [2.75, 3.05) is 6.61 Å². The Kier molecular flexibility index (Phi) is 1.33. The van der Waals surface area contributed by atoms with Gasteiger partial charge in [0.25, 0.3) is 0 Å². The first kappa shape index (κ1) is 6.71. The van der Waals surface area contributed by atoms with Crippen LogP contribution in [0, 0.1) is 0 Å². The molecule has 1 fully saturated rings. The smallest absolute Gasteiger partial charge is 0.161 e. The number of aliphatic hydroxyl groups excluding tert-OH is 1. The van der Waals surface area contributed by atoms with Crippen LogP contribution in [0.4, 0.5) is 0 Å². The molecule has 0 saturated carbocycles. The topological polar surface area (TPSA) is 49.8 Å². The lowest BCUT2D eigenvalue weighted by atomic mass is 10.1. The van der Waals surface area contributed by atoms with E-state index in [1.54, 1.807) is 6.92 Å². The van der Waals surface area contributed by atoms with Gasteiger partial charge < -0.3 is 9.84 Å². The molecule has 0 aromatic carbocycles. The van der Waals surface area contributed by atoms with Crippen LogP contribution in [0.15, 0.2) is 0 Å². The molecule has 1 saturated heterocycles. The fraction of sp³-hybridized carbons (Fsp3) is 0.833. The Labute approximate surface area is 53.6 Å². The Balaban J connectivity index is 2.48. The fourth-order valence-electron chi connectivity index (χ4n) is 0.868. The summed E-state index contributed by atoms with van der Waals surface area (Å²) in [5.74, 6) is -0.00782. The summed E-state index contributed by atoms with van der Waals surface area (Å²) in [6.45, 7) is 3.11. The van der Waals surface area contributed by atoms with Crippen LogP contribution in [0.25, 0.3) is 0 Å². The lowest BCUT2D eigenvalue weighted by Gasteiger charge is -1.95. The summed E-state index contributed by atoms with van der Waals surface area (Å²) in [6, 6.07) is 0. The maximum Gasteiger partial charge on any atom is 0.161 e. The van der Waals surface area contributed by atoms with Crippen molar-refractivity contribution in [1.82, 2.24) is 0 Å². The second-order valence-electron chi connectivity index (χ2n) is 2.58. The minimum Gasteiger partial charge on any atom is -0.393 e. The maximum absolute atomic E-state index is 10.5. The molecule has 0 bridgehead atoms. The first-order valence-electron chi connectivity index (χ1n) is 2.89. The van der Waals surface area contributed by atoms with Gasteiger partial charge in [-0.2, -0.15) is 0 Å². The quantitative estimate of drug-likeness (QED) is 0.523. The first-order valence-corrected chi connectivity index (χ1v) is 2.89. The van der Waals surface area contributed by atoms with Gasteiger partial charge in [0.2, 0.25) is 0 Å². The lowest BCUT2D eigenvalue weighted by molar-refractivity contribution is -0.118. The predicted octanol–water partition coefficient (Wildman–Crippen LogP) is -0.275. The fourth-order valence-corrected chi connectivity index (χ4v) is 0.868. The summed E-state index contributed by atoms with van der Waals surface area (Å²) in [7, 11) is 0. The minimum absolute atomic E-state index is 0.00782. The molecule has 0 amide bonds. The van der Waals surface area contributed by atoms with Gasteiger partial charge in [-0.3, -0.25) is 4.79 Å². The van der Waals surface area contributed by atoms with Crippen LogP contribution >= 0.6 is 0 Å². The summed E-state index contributed by atoms with van der Waals surface area (Å²) >= 11 is 0. The van der Waals surface area contributed by atoms with Crippen molar-refractivity contribution in [3.63, 3.8) is 0 Å². The van der Waals surface area contributed by atoms with Gasteiger partial charge in [-0.25, -0.2) is 0 Å². The average molecular weight is 130 g/mol. The minimum atomic E-state index is -0.564. The predicted molar refractivity (Wildman–Crippen MR) is 31.0 cm³/mol. The summed E-state index contributed by atoms with van der Waals surface area (Å²) in [5.41, 5.74) is -0.564. The van der Waals surface area contributed by atoms with Gasteiger partial charge >= 0.3 is 0 Å². The zero-order valence-electron chi connectivity index (χ0n) is 5.55. The molecule has 2 atom stereocenters. The van der Waals surface area contributed by atoms with Gasteiger partial charge in [0.15, 0.2) is 5.78 Å². The highest BCUT2D eigenvalue weighted by molar-refractivity contribution is 5.84. The van der Waals surface area contributed by atoms with Crippen molar-refractivity contribution in [2.24, 2.45) is 0 Å². The lowest BCUT2D eigenvalue weighted by Crippen LogP contribution is -2.19.